The monoisotopic (exact) mass is 459 g/mol. The number of rotatable bonds is 13. The van der Waals surface area contributed by atoms with E-state index in [1.807, 2.05) is 44.2 Å². The molecule has 166 valence electrons. The van der Waals surface area contributed by atoms with Crippen LogP contribution in [0.5, 0.6) is 5.75 Å². The molecule has 0 atom stereocenters. The number of hydrogen-bond acceptors (Lipinski definition) is 8. The molecule has 0 aliphatic rings. The Labute approximate surface area is 191 Å². The summed E-state index contributed by atoms with van der Waals surface area (Å²) in [6.45, 7) is 5.09. The maximum Gasteiger partial charge on any atom is 0.305 e. The van der Waals surface area contributed by atoms with Gasteiger partial charge in [0.2, 0.25) is 0 Å². The summed E-state index contributed by atoms with van der Waals surface area (Å²) in [6, 6.07) is 9.74. The number of aromatic nitrogens is 1. The van der Waals surface area contributed by atoms with E-state index in [9.17, 15) is 4.79 Å². The van der Waals surface area contributed by atoms with Crippen molar-refractivity contribution in [3.05, 3.63) is 35.3 Å². The van der Waals surface area contributed by atoms with Gasteiger partial charge in [0.15, 0.2) is 0 Å². The van der Waals surface area contributed by atoms with Gasteiger partial charge in [-0.3, -0.25) is 4.79 Å². The van der Waals surface area contributed by atoms with Crippen LogP contribution in [0, 0.1) is 6.92 Å². The van der Waals surface area contributed by atoms with Crippen LogP contribution in [0.25, 0.3) is 9.53 Å². The van der Waals surface area contributed by atoms with Crippen LogP contribution >= 0.6 is 22.7 Å². The van der Waals surface area contributed by atoms with E-state index in [-0.39, 0.29) is 5.97 Å². The van der Waals surface area contributed by atoms with Crippen LogP contribution in [0.15, 0.2) is 40.6 Å². The van der Waals surface area contributed by atoms with Gasteiger partial charge in [0.1, 0.15) is 15.6 Å². The average molecular weight is 460 g/mol. The average Bonchev–Trinajstić information content (AvgIpc) is 3.31. The van der Waals surface area contributed by atoms with Crippen molar-refractivity contribution in [1.82, 2.24) is 4.98 Å². The number of hydrogen-bond donors (Lipinski definition) is 0. The molecule has 6 nitrogen and oxygen atoms in total. The van der Waals surface area contributed by atoms with Crippen LogP contribution in [0.2, 0.25) is 0 Å². The van der Waals surface area contributed by atoms with Gasteiger partial charge in [-0.2, -0.15) is 0 Å². The zero-order valence-electron chi connectivity index (χ0n) is 18.1. The molecule has 0 amide bonds. The highest BCUT2D eigenvalue weighted by Gasteiger charge is 2.05. The number of carbonyl (C=O) groups excluding carboxylic acids is 1. The fourth-order valence-corrected chi connectivity index (χ4v) is 4.92. The van der Waals surface area contributed by atoms with Crippen LogP contribution in [-0.4, -0.2) is 24.2 Å². The summed E-state index contributed by atoms with van der Waals surface area (Å²) >= 11 is 3.24. The molecule has 3 aromatic rings. The number of carbonyl (C=O) groups is 1. The van der Waals surface area contributed by atoms with Gasteiger partial charge >= 0.3 is 5.97 Å². The minimum absolute atomic E-state index is 0.108. The molecule has 0 saturated heterocycles. The molecule has 0 saturated carbocycles. The molecule has 1 aromatic carbocycles. The molecule has 0 aliphatic heterocycles. The molecule has 0 unspecified atom stereocenters. The highest BCUT2D eigenvalue weighted by Crippen LogP contribution is 2.35. The highest BCUT2D eigenvalue weighted by atomic mass is 32.1. The number of fused-ring (bicyclic) bond motifs is 1. The predicted octanol–water partition coefficient (Wildman–Crippen LogP) is 7.75. The summed E-state index contributed by atoms with van der Waals surface area (Å²) in [6.07, 6.45) is 7.05. The van der Waals surface area contributed by atoms with Gasteiger partial charge in [0.25, 0.3) is 0 Å². The molecule has 0 spiro atoms. The van der Waals surface area contributed by atoms with E-state index in [4.69, 9.17) is 9.47 Å². The van der Waals surface area contributed by atoms with Gasteiger partial charge in [0.05, 0.1) is 28.6 Å². The Morgan fingerprint density at radius 3 is 2.39 bits per heavy atom. The molecule has 3 rings (SSSR count). The Kier molecular flexibility index (Phi) is 9.42. The first-order valence-corrected chi connectivity index (χ1v) is 12.4. The molecule has 2 heterocycles. The molecule has 0 fully saturated rings. The zero-order chi connectivity index (χ0) is 21.9. The van der Waals surface area contributed by atoms with Crippen molar-refractivity contribution in [3.63, 3.8) is 0 Å². The molecule has 0 bridgehead atoms. The number of unbranched alkanes of at least 4 members (excludes halogenated alkanes) is 5. The number of esters is 1. The first-order chi connectivity index (χ1) is 15.1. The lowest BCUT2D eigenvalue weighted by Gasteiger charge is -2.06. The molecule has 0 N–H and O–H groups in total. The van der Waals surface area contributed by atoms with Crippen LogP contribution in [0.1, 0.15) is 56.9 Å². The Bertz CT molecular complexity index is 948. The first kappa shape index (κ1) is 23.3. The number of thiazole rings is 1. The second-order valence-corrected chi connectivity index (χ2v) is 9.47. The van der Waals surface area contributed by atoms with Gasteiger partial charge in [-0.25, -0.2) is 4.98 Å². The third-order valence-electron chi connectivity index (χ3n) is 4.64. The van der Waals surface area contributed by atoms with E-state index < -0.39 is 0 Å². The summed E-state index contributed by atoms with van der Waals surface area (Å²) in [5.74, 6) is 0.746. The van der Waals surface area contributed by atoms with Crippen LogP contribution in [-0.2, 0) is 9.53 Å². The largest absolute Gasteiger partial charge is 0.494 e. The molecule has 8 heteroatoms. The number of nitrogens with zero attached hydrogens (tertiary/aromatic N) is 3. The van der Waals surface area contributed by atoms with E-state index in [0.29, 0.717) is 19.6 Å². The van der Waals surface area contributed by atoms with Crippen molar-refractivity contribution in [2.45, 2.75) is 58.8 Å². The van der Waals surface area contributed by atoms with Gasteiger partial charge < -0.3 is 9.47 Å². The topological polar surface area (TPSA) is 73.1 Å². The number of thiophene rings is 1. The van der Waals surface area contributed by atoms with E-state index in [2.05, 4.69) is 15.2 Å². The lowest BCUT2D eigenvalue weighted by molar-refractivity contribution is -0.143. The Balaban J connectivity index is 1.27. The molecule has 2 aromatic heterocycles. The molecule has 0 radical (unpaired) electrons. The van der Waals surface area contributed by atoms with Crippen molar-refractivity contribution in [3.8, 4) is 5.75 Å². The van der Waals surface area contributed by atoms with Gasteiger partial charge in [-0.15, -0.1) is 21.6 Å². The number of aryl methyl sites for hydroxylation is 1. The lowest BCUT2D eigenvalue weighted by atomic mass is 10.1. The van der Waals surface area contributed by atoms with Gasteiger partial charge in [0, 0.05) is 6.42 Å². The quantitative estimate of drug-likeness (QED) is 0.149. The first-order valence-electron chi connectivity index (χ1n) is 10.8. The minimum Gasteiger partial charge on any atom is -0.494 e. The number of ether oxygens (including phenoxy) is 2. The highest BCUT2D eigenvalue weighted by molar-refractivity contribution is 7.29. The second-order valence-electron chi connectivity index (χ2n) is 7.22. The summed E-state index contributed by atoms with van der Waals surface area (Å²) in [4.78, 5) is 16.5. The molecule has 31 heavy (non-hydrogen) atoms. The van der Waals surface area contributed by atoms with E-state index >= 15 is 0 Å². The van der Waals surface area contributed by atoms with Gasteiger partial charge in [-0.05, 0) is 50.1 Å². The third kappa shape index (κ3) is 8.03. The maximum atomic E-state index is 11.0. The Morgan fingerprint density at radius 2 is 1.68 bits per heavy atom. The van der Waals surface area contributed by atoms with E-state index in [0.717, 1.165) is 56.7 Å². The molecule has 0 aliphatic carbocycles. The van der Waals surface area contributed by atoms with E-state index in [1.54, 1.807) is 22.7 Å². The molecular weight excluding hydrogens is 430 g/mol. The third-order valence-corrected chi connectivity index (χ3v) is 6.60. The van der Waals surface area contributed by atoms with Crippen molar-refractivity contribution >= 4 is 48.9 Å². The Hall–Kier alpha value is -2.32. The summed E-state index contributed by atoms with van der Waals surface area (Å²) < 4.78 is 12.0. The summed E-state index contributed by atoms with van der Waals surface area (Å²) in [5.41, 5.74) is 0.804. The maximum absolute atomic E-state index is 11.0. The zero-order valence-corrected chi connectivity index (χ0v) is 19.8. The summed E-state index contributed by atoms with van der Waals surface area (Å²) in [5, 5.41) is 10.6. The van der Waals surface area contributed by atoms with Crippen molar-refractivity contribution in [2.24, 2.45) is 10.2 Å². The number of benzene rings is 1. The van der Waals surface area contributed by atoms with Crippen molar-refractivity contribution < 1.29 is 14.3 Å². The van der Waals surface area contributed by atoms with Crippen molar-refractivity contribution in [1.29, 1.82) is 0 Å². The lowest BCUT2D eigenvalue weighted by Crippen LogP contribution is -2.03. The van der Waals surface area contributed by atoms with Crippen LogP contribution in [0.4, 0.5) is 10.7 Å². The standard InChI is InChI=1S/C23H29N3O3S2/c1-3-22(27)29-15-9-7-5-4-6-8-14-28-19-12-10-18(11-13-19)25-26-21-16-20-23(31-21)24-17(2)30-20/h10-13,16H,3-9,14-15H2,1-2H3. The Morgan fingerprint density at radius 1 is 0.968 bits per heavy atom. The van der Waals surface area contributed by atoms with Crippen LogP contribution < -0.4 is 4.74 Å². The molecular formula is C23H29N3O3S2. The number of azo groups is 1. The summed E-state index contributed by atoms with van der Waals surface area (Å²) in [7, 11) is 0. The second kappa shape index (κ2) is 12.5. The fraction of sp³-hybridized carbons (Fsp3) is 0.478. The SMILES string of the molecule is CCC(=O)OCCCCCCCCOc1ccc(N=Nc2cc3sc(C)nc3s2)cc1. The van der Waals surface area contributed by atoms with Crippen molar-refractivity contribution in [2.75, 3.05) is 13.2 Å². The predicted molar refractivity (Wildman–Crippen MR) is 127 cm³/mol. The fourth-order valence-electron chi connectivity index (χ4n) is 2.98. The van der Waals surface area contributed by atoms with Crippen LogP contribution in [0.3, 0.4) is 0 Å². The smallest absolute Gasteiger partial charge is 0.305 e. The normalized spacial score (nSPS) is 11.4. The minimum atomic E-state index is -0.108. The van der Waals surface area contributed by atoms with Gasteiger partial charge in [-0.1, -0.05) is 43.9 Å². The van der Waals surface area contributed by atoms with E-state index in [1.165, 1.54) is 12.8 Å².